The van der Waals surface area contributed by atoms with E-state index in [4.69, 9.17) is 4.42 Å². The topological polar surface area (TPSA) is 94.9 Å². The first-order valence-electron chi connectivity index (χ1n) is 11.3. The maximum absolute atomic E-state index is 12.6. The molecule has 4 rings (SSSR count). The van der Waals surface area contributed by atoms with Gasteiger partial charge in [-0.3, -0.25) is 19.3 Å². The number of piperazine rings is 1. The number of hydrogen-bond acceptors (Lipinski definition) is 5. The Kier molecular flexibility index (Phi) is 7.72. The Morgan fingerprint density at radius 1 is 0.765 bits per heavy atom. The molecule has 8 nitrogen and oxygen atoms in total. The van der Waals surface area contributed by atoms with E-state index in [1.54, 1.807) is 11.0 Å². The van der Waals surface area contributed by atoms with Crippen LogP contribution >= 0.6 is 0 Å². The normalized spacial score (nSPS) is 14.1. The summed E-state index contributed by atoms with van der Waals surface area (Å²) in [7, 11) is 0. The average molecular weight is 461 g/mol. The van der Waals surface area contributed by atoms with E-state index in [2.05, 4.69) is 39.8 Å². The zero-order valence-corrected chi connectivity index (χ0v) is 18.9. The van der Waals surface area contributed by atoms with Crippen molar-refractivity contribution in [2.24, 2.45) is 0 Å². The van der Waals surface area contributed by atoms with Gasteiger partial charge in [0.25, 0.3) is 5.91 Å². The largest absolute Gasteiger partial charge is 0.459 e. The quantitative estimate of drug-likeness (QED) is 0.537. The van der Waals surface area contributed by atoms with Crippen molar-refractivity contribution >= 4 is 17.7 Å². The van der Waals surface area contributed by atoms with Gasteiger partial charge in [-0.25, -0.2) is 0 Å². The molecular weight excluding hydrogens is 432 g/mol. The summed E-state index contributed by atoms with van der Waals surface area (Å²) in [5.74, 6) is -0.915. The van der Waals surface area contributed by atoms with Crippen molar-refractivity contribution in [3.8, 4) is 0 Å². The molecule has 176 valence electrons. The molecule has 1 aliphatic rings. The van der Waals surface area contributed by atoms with E-state index in [0.717, 1.165) is 13.1 Å². The van der Waals surface area contributed by atoms with Gasteiger partial charge in [-0.05, 0) is 23.3 Å². The Labute approximate surface area is 198 Å². The van der Waals surface area contributed by atoms with E-state index in [1.807, 2.05) is 36.4 Å². The van der Waals surface area contributed by atoms with Crippen molar-refractivity contribution < 1.29 is 18.8 Å². The second-order valence-corrected chi connectivity index (χ2v) is 8.08. The van der Waals surface area contributed by atoms with Gasteiger partial charge in [-0.1, -0.05) is 60.7 Å². The van der Waals surface area contributed by atoms with Crippen molar-refractivity contribution in [2.75, 3.05) is 39.3 Å². The monoisotopic (exact) mass is 460 g/mol. The number of hydrogen-bond donors (Lipinski definition) is 2. The summed E-state index contributed by atoms with van der Waals surface area (Å²) < 4.78 is 4.98. The van der Waals surface area contributed by atoms with Gasteiger partial charge in [0.1, 0.15) is 0 Å². The second kappa shape index (κ2) is 11.3. The van der Waals surface area contributed by atoms with Crippen molar-refractivity contribution in [1.82, 2.24) is 20.4 Å². The van der Waals surface area contributed by atoms with Gasteiger partial charge in [0.15, 0.2) is 5.76 Å². The third kappa shape index (κ3) is 5.90. The van der Waals surface area contributed by atoms with Gasteiger partial charge in [0, 0.05) is 26.2 Å². The van der Waals surface area contributed by atoms with Crippen LogP contribution in [0.1, 0.15) is 27.7 Å². The molecule has 0 atom stereocenters. The summed E-state index contributed by atoms with van der Waals surface area (Å²) >= 11 is 0. The first kappa shape index (κ1) is 23.3. The molecule has 2 heterocycles. The summed E-state index contributed by atoms with van der Waals surface area (Å²) in [5.41, 5.74) is 2.44. The number of furan rings is 1. The SMILES string of the molecule is O=C(CNC(=O)c1ccco1)NCC(=O)N1CCN(C(c2ccccc2)c2ccccc2)CC1. The second-order valence-electron chi connectivity index (χ2n) is 8.08. The lowest BCUT2D eigenvalue weighted by Gasteiger charge is -2.39. The number of benzene rings is 2. The van der Waals surface area contributed by atoms with Gasteiger partial charge in [0.2, 0.25) is 11.8 Å². The van der Waals surface area contributed by atoms with Crippen LogP contribution in [0.15, 0.2) is 83.5 Å². The van der Waals surface area contributed by atoms with Gasteiger partial charge in [-0.2, -0.15) is 0 Å². The molecule has 1 saturated heterocycles. The number of carbonyl (C=O) groups is 3. The highest BCUT2D eigenvalue weighted by Crippen LogP contribution is 2.29. The van der Waals surface area contributed by atoms with Gasteiger partial charge in [0.05, 0.1) is 25.4 Å². The fraction of sp³-hybridized carbons (Fsp3) is 0.269. The van der Waals surface area contributed by atoms with Crippen LogP contribution in [-0.2, 0) is 9.59 Å². The predicted octanol–water partition coefficient (Wildman–Crippen LogP) is 2.06. The zero-order valence-electron chi connectivity index (χ0n) is 18.9. The summed E-state index contributed by atoms with van der Waals surface area (Å²) in [5, 5.41) is 5.04. The van der Waals surface area contributed by atoms with E-state index in [9.17, 15) is 14.4 Å². The van der Waals surface area contributed by atoms with Gasteiger partial charge >= 0.3 is 0 Å². The predicted molar refractivity (Wildman–Crippen MR) is 127 cm³/mol. The molecule has 0 saturated carbocycles. The maximum atomic E-state index is 12.6. The number of nitrogens with zero attached hydrogens (tertiary/aromatic N) is 2. The average Bonchev–Trinajstić information content (AvgIpc) is 3.43. The van der Waals surface area contributed by atoms with Crippen molar-refractivity contribution in [2.45, 2.75) is 6.04 Å². The standard InChI is InChI=1S/C26H28N4O4/c31-23(18-28-26(33)22-12-7-17-34-22)27-19-24(32)29-13-15-30(16-14-29)25(20-8-3-1-4-9-20)21-10-5-2-6-11-21/h1-12,17,25H,13-16,18-19H2,(H,27,31)(H,28,33). The fourth-order valence-corrected chi connectivity index (χ4v) is 4.12. The van der Waals surface area contributed by atoms with E-state index in [-0.39, 0.29) is 30.8 Å². The molecule has 3 amide bonds. The number of amides is 3. The maximum Gasteiger partial charge on any atom is 0.287 e. The lowest BCUT2D eigenvalue weighted by Crippen LogP contribution is -2.52. The van der Waals surface area contributed by atoms with Crippen molar-refractivity contribution in [3.63, 3.8) is 0 Å². The minimum Gasteiger partial charge on any atom is -0.459 e. The third-order valence-corrected chi connectivity index (χ3v) is 5.85. The van der Waals surface area contributed by atoms with Gasteiger partial charge < -0.3 is 20.0 Å². The molecule has 1 aliphatic heterocycles. The first-order chi connectivity index (χ1) is 16.6. The van der Waals surface area contributed by atoms with Crippen molar-refractivity contribution in [1.29, 1.82) is 0 Å². The molecule has 2 N–H and O–H groups in total. The highest BCUT2D eigenvalue weighted by Gasteiger charge is 2.28. The summed E-state index contributed by atoms with van der Waals surface area (Å²) in [4.78, 5) is 40.6. The molecule has 3 aromatic rings. The summed E-state index contributed by atoms with van der Waals surface area (Å²) in [6.45, 7) is 2.30. The lowest BCUT2D eigenvalue weighted by molar-refractivity contribution is -0.134. The Hall–Kier alpha value is -3.91. The Bertz CT molecular complexity index is 1040. The molecule has 34 heavy (non-hydrogen) atoms. The molecule has 1 aromatic heterocycles. The van der Waals surface area contributed by atoms with Crippen LogP contribution in [-0.4, -0.2) is 66.8 Å². The van der Waals surface area contributed by atoms with Crippen LogP contribution in [0, 0.1) is 0 Å². The van der Waals surface area contributed by atoms with Crippen LogP contribution in [0.3, 0.4) is 0 Å². The number of nitrogens with one attached hydrogen (secondary N) is 2. The van der Waals surface area contributed by atoms with E-state index in [0.29, 0.717) is 13.1 Å². The highest BCUT2D eigenvalue weighted by molar-refractivity contribution is 5.94. The molecule has 0 unspecified atom stereocenters. The number of carbonyl (C=O) groups excluding carboxylic acids is 3. The van der Waals surface area contributed by atoms with Crippen molar-refractivity contribution in [3.05, 3.63) is 95.9 Å². The lowest BCUT2D eigenvalue weighted by atomic mass is 9.96. The minimum absolute atomic E-state index is 0.101. The Morgan fingerprint density at radius 3 is 1.94 bits per heavy atom. The first-order valence-corrected chi connectivity index (χ1v) is 11.3. The molecule has 1 fully saturated rings. The molecular formula is C26H28N4O4. The van der Waals surface area contributed by atoms with E-state index < -0.39 is 11.8 Å². The van der Waals surface area contributed by atoms with Crippen LogP contribution in [0.2, 0.25) is 0 Å². The molecule has 0 aliphatic carbocycles. The Morgan fingerprint density at radius 2 is 1.38 bits per heavy atom. The Balaban J connectivity index is 1.26. The molecule has 0 spiro atoms. The fourth-order valence-electron chi connectivity index (χ4n) is 4.12. The smallest absolute Gasteiger partial charge is 0.287 e. The molecule has 0 radical (unpaired) electrons. The molecule has 0 bridgehead atoms. The van der Waals surface area contributed by atoms with Crippen LogP contribution in [0.25, 0.3) is 0 Å². The zero-order chi connectivity index (χ0) is 23.8. The van der Waals surface area contributed by atoms with Crippen LogP contribution < -0.4 is 10.6 Å². The van der Waals surface area contributed by atoms with Gasteiger partial charge in [-0.15, -0.1) is 0 Å². The number of rotatable bonds is 8. The molecule has 8 heteroatoms. The van der Waals surface area contributed by atoms with E-state index >= 15 is 0 Å². The molecule has 2 aromatic carbocycles. The van der Waals surface area contributed by atoms with E-state index in [1.165, 1.54) is 23.5 Å². The van der Waals surface area contributed by atoms with Crippen LogP contribution in [0.4, 0.5) is 0 Å². The summed E-state index contributed by atoms with van der Waals surface area (Å²) in [6.07, 6.45) is 1.38. The summed E-state index contributed by atoms with van der Waals surface area (Å²) in [6, 6.07) is 24.0. The highest BCUT2D eigenvalue weighted by atomic mass is 16.3. The minimum atomic E-state index is -0.478. The third-order valence-electron chi connectivity index (χ3n) is 5.85. The van der Waals surface area contributed by atoms with Crippen LogP contribution in [0.5, 0.6) is 0 Å².